The van der Waals surface area contributed by atoms with Crippen molar-refractivity contribution in [2.75, 3.05) is 27.9 Å². The first kappa shape index (κ1) is 23.1. The van der Waals surface area contributed by atoms with E-state index >= 15 is 0 Å². The van der Waals surface area contributed by atoms with Crippen LogP contribution in [0.2, 0.25) is 0 Å². The number of carbonyl (C=O) groups excluding carboxylic acids is 1. The van der Waals surface area contributed by atoms with Gasteiger partial charge in [-0.3, -0.25) is 4.79 Å². The molecule has 9 nitrogen and oxygen atoms in total. The molecule has 0 saturated carbocycles. The van der Waals surface area contributed by atoms with Gasteiger partial charge >= 0.3 is 0 Å². The Morgan fingerprint density at radius 3 is 2.63 bits per heavy atom. The summed E-state index contributed by atoms with van der Waals surface area (Å²) in [7, 11) is 4.59. The SMILES string of the molecule is COCc1cc(C)nc(OCC(=O)N/N=C/c2cc(Br)c(OC)cc2OC)c1C#N. The van der Waals surface area contributed by atoms with Gasteiger partial charge in [0, 0.05) is 30.0 Å². The third-order valence-electron chi connectivity index (χ3n) is 3.84. The molecule has 0 bridgehead atoms. The van der Waals surface area contributed by atoms with Crippen LogP contribution in [0.5, 0.6) is 17.4 Å². The van der Waals surface area contributed by atoms with Gasteiger partial charge in [-0.25, -0.2) is 10.4 Å². The van der Waals surface area contributed by atoms with Gasteiger partial charge in [-0.2, -0.15) is 10.4 Å². The quantitative estimate of drug-likeness (QED) is 0.436. The summed E-state index contributed by atoms with van der Waals surface area (Å²) in [6.07, 6.45) is 1.43. The van der Waals surface area contributed by atoms with Gasteiger partial charge < -0.3 is 18.9 Å². The van der Waals surface area contributed by atoms with Gasteiger partial charge in [-0.1, -0.05) is 0 Å². The molecule has 0 radical (unpaired) electrons. The van der Waals surface area contributed by atoms with Gasteiger partial charge in [-0.15, -0.1) is 0 Å². The fourth-order valence-electron chi connectivity index (χ4n) is 2.53. The number of hydrogen-bond donors (Lipinski definition) is 1. The summed E-state index contributed by atoms with van der Waals surface area (Å²) in [4.78, 5) is 16.3. The van der Waals surface area contributed by atoms with Crippen LogP contribution < -0.4 is 19.6 Å². The maximum Gasteiger partial charge on any atom is 0.278 e. The van der Waals surface area contributed by atoms with Crippen molar-refractivity contribution in [3.05, 3.63) is 45.1 Å². The van der Waals surface area contributed by atoms with E-state index in [0.717, 1.165) is 0 Å². The van der Waals surface area contributed by atoms with Crippen molar-refractivity contribution in [2.45, 2.75) is 13.5 Å². The molecule has 0 aliphatic rings. The molecule has 0 unspecified atom stereocenters. The third kappa shape index (κ3) is 5.92. The van der Waals surface area contributed by atoms with Crippen molar-refractivity contribution < 1.29 is 23.7 Å². The molecular formula is C20H21BrN4O5. The fourth-order valence-corrected chi connectivity index (χ4v) is 3.05. The van der Waals surface area contributed by atoms with Crippen LogP contribution in [0, 0.1) is 18.3 Å². The molecule has 2 rings (SSSR count). The number of amides is 1. The molecule has 0 saturated heterocycles. The Hall–Kier alpha value is -3.16. The number of aryl methyl sites for hydroxylation is 1. The predicted molar refractivity (Wildman–Crippen MR) is 113 cm³/mol. The van der Waals surface area contributed by atoms with Crippen LogP contribution in [-0.2, 0) is 16.1 Å². The van der Waals surface area contributed by atoms with Gasteiger partial charge in [-0.05, 0) is 35.0 Å². The molecular weight excluding hydrogens is 456 g/mol. The van der Waals surface area contributed by atoms with Crippen LogP contribution in [0.1, 0.15) is 22.4 Å². The highest BCUT2D eigenvalue weighted by Crippen LogP contribution is 2.31. The minimum Gasteiger partial charge on any atom is -0.496 e. The zero-order valence-electron chi connectivity index (χ0n) is 17.0. The number of aromatic nitrogens is 1. The molecule has 1 amide bonds. The van der Waals surface area contributed by atoms with E-state index in [1.54, 1.807) is 32.2 Å². The molecule has 0 aliphatic carbocycles. The van der Waals surface area contributed by atoms with E-state index in [1.165, 1.54) is 20.4 Å². The number of hydrazone groups is 1. The summed E-state index contributed by atoms with van der Waals surface area (Å²) >= 11 is 3.39. The molecule has 1 N–H and O–H groups in total. The van der Waals surface area contributed by atoms with Crippen LogP contribution in [-0.4, -0.2) is 45.0 Å². The van der Waals surface area contributed by atoms with E-state index in [0.29, 0.717) is 32.8 Å². The second kappa shape index (κ2) is 11.1. The topological polar surface area (TPSA) is 115 Å². The number of nitrogens with zero attached hydrogens (tertiary/aromatic N) is 3. The van der Waals surface area contributed by atoms with Gasteiger partial charge in [0.25, 0.3) is 5.91 Å². The summed E-state index contributed by atoms with van der Waals surface area (Å²) in [6, 6.07) is 7.21. The number of nitriles is 1. The number of nitrogens with one attached hydrogen (secondary N) is 1. The maximum absolute atomic E-state index is 12.1. The van der Waals surface area contributed by atoms with E-state index in [2.05, 4.69) is 31.4 Å². The molecule has 158 valence electrons. The first-order chi connectivity index (χ1) is 14.4. The molecule has 0 fully saturated rings. The Bertz CT molecular complexity index is 988. The van der Waals surface area contributed by atoms with Gasteiger partial charge in [0.2, 0.25) is 5.88 Å². The molecule has 10 heteroatoms. The average molecular weight is 477 g/mol. The number of hydrogen-bond acceptors (Lipinski definition) is 8. The van der Waals surface area contributed by atoms with E-state index in [1.807, 2.05) is 6.07 Å². The minimum absolute atomic E-state index is 0.0735. The lowest BCUT2D eigenvalue weighted by molar-refractivity contribution is -0.123. The third-order valence-corrected chi connectivity index (χ3v) is 4.46. The van der Waals surface area contributed by atoms with Crippen molar-refractivity contribution in [3.8, 4) is 23.4 Å². The van der Waals surface area contributed by atoms with Crippen molar-refractivity contribution in [1.29, 1.82) is 5.26 Å². The molecule has 30 heavy (non-hydrogen) atoms. The Balaban J connectivity index is 2.04. The second-order valence-corrected chi connectivity index (χ2v) is 6.81. The molecule has 0 atom stereocenters. The van der Waals surface area contributed by atoms with Crippen LogP contribution in [0.3, 0.4) is 0 Å². The first-order valence-electron chi connectivity index (χ1n) is 8.69. The van der Waals surface area contributed by atoms with Crippen LogP contribution in [0.15, 0.2) is 27.8 Å². The lowest BCUT2D eigenvalue weighted by atomic mass is 10.1. The lowest BCUT2D eigenvalue weighted by Gasteiger charge is -2.11. The molecule has 1 aromatic heterocycles. The number of pyridine rings is 1. The van der Waals surface area contributed by atoms with E-state index in [9.17, 15) is 10.1 Å². The molecule has 2 aromatic rings. The molecule has 0 aliphatic heterocycles. The normalized spacial score (nSPS) is 10.5. The standard InChI is InChI=1S/C20H21BrN4O5/c1-12-5-14(10-27-2)15(8-22)20(24-12)30-11-19(26)25-23-9-13-6-16(21)18(29-4)7-17(13)28-3/h5-7,9H,10-11H2,1-4H3,(H,25,26)/b23-9+. The largest absolute Gasteiger partial charge is 0.496 e. The van der Waals surface area contributed by atoms with Crippen molar-refractivity contribution in [1.82, 2.24) is 10.4 Å². The van der Waals surface area contributed by atoms with Crippen LogP contribution in [0.4, 0.5) is 0 Å². The van der Waals surface area contributed by atoms with Crippen molar-refractivity contribution in [2.24, 2.45) is 5.10 Å². The first-order valence-corrected chi connectivity index (χ1v) is 9.48. The van der Waals surface area contributed by atoms with Crippen LogP contribution >= 0.6 is 15.9 Å². The van der Waals surface area contributed by atoms with Gasteiger partial charge in [0.1, 0.15) is 23.1 Å². The number of carbonyl (C=O) groups is 1. The highest BCUT2D eigenvalue weighted by atomic mass is 79.9. The average Bonchev–Trinajstić information content (AvgIpc) is 2.72. The smallest absolute Gasteiger partial charge is 0.278 e. The van der Waals surface area contributed by atoms with Crippen molar-refractivity contribution >= 4 is 28.1 Å². The highest BCUT2D eigenvalue weighted by molar-refractivity contribution is 9.10. The van der Waals surface area contributed by atoms with Gasteiger partial charge in [0.15, 0.2) is 6.61 Å². The van der Waals surface area contributed by atoms with E-state index in [4.69, 9.17) is 18.9 Å². The minimum atomic E-state index is -0.515. The number of methoxy groups -OCH3 is 3. The summed E-state index contributed by atoms with van der Waals surface area (Å²) in [6.45, 7) is 1.63. The maximum atomic E-state index is 12.1. The number of halogens is 1. The number of benzene rings is 1. The predicted octanol–water partition coefficient (Wildman–Crippen LogP) is 2.72. The Morgan fingerprint density at radius 1 is 1.27 bits per heavy atom. The summed E-state index contributed by atoms with van der Waals surface area (Å²) < 4.78 is 21.7. The monoisotopic (exact) mass is 476 g/mol. The number of rotatable bonds is 9. The molecule has 0 spiro atoms. The highest BCUT2D eigenvalue weighted by Gasteiger charge is 2.14. The van der Waals surface area contributed by atoms with E-state index < -0.39 is 5.91 Å². The zero-order chi connectivity index (χ0) is 22.1. The Morgan fingerprint density at radius 2 is 2.00 bits per heavy atom. The van der Waals surface area contributed by atoms with Gasteiger partial charge in [0.05, 0.1) is 31.5 Å². The Labute approximate surface area is 182 Å². The van der Waals surface area contributed by atoms with Crippen molar-refractivity contribution in [3.63, 3.8) is 0 Å². The summed E-state index contributed by atoms with van der Waals surface area (Å²) in [5, 5.41) is 13.3. The lowest BCUT2D eigenvalue weighted by Crippen LogP contribution is -2.25. The zero-order valence-corrected chi connectivity index (χ0v) is 18.6. The Kier molecular flexibility index (Phi) is 8.58. The molecule has 1 heterocycles. The summed E-state index contributed by atoms with van der Waals surface area (Å²) in [5.41, 5.74) is 4.50. The molecule has 1 aromatic carbocycles. The number of ether oxygens (including phenoxy) is 4. The summed E-state index contributed by atoms with van der Waals surface area (Å²) in [5.74, 6) is 0.688. The van der Waals surface area contributed by atoms with E-state index in [-0.39, 0.29) is 24.7 Å². The van der Waals surface area contributed by atoms with Crippen LogP contribution in [0.25, 0.3) is 0 Å². The second-order valence-electron chi connectivity index (χ2n) is 5.96. The fraction of sp³-hybridized carbons (Fsp3) is 0.300.